The molecular weight excluding hydrogens is 378 g/mol. The van der Waals surface area contributed by atoms with Gasteiger partial charge in [-0.3, -0.25) is 19.3 Å². The van der Waals surface area contributed by atoms with Crippen LogP contribution in [0.5, 0.6) is 0 Å². The number of carbonyl (C=O) groups excluding carboxylic acids is 3. The zero-order valence-corrected chi connectivity index (χ0v) is 17.0. The van der Waals surface area contributed by atoms with E-state index >= 15 is 0 Å². The van der Waals surface area contributed by atoms with Crippen LogP contribution in [-0.2, 0) is 19.9 Å². The fraction of sp³-hybridized carbons (Fsp3) is 0.375. The third-order valence-corrected chi connectivity index (χ3v) is 7.56. The van der Waals surface area contributed by atoms with Crippen LogP contribution >= 0.6 is 0 Å². The number of nitrogens with zero attached hydrogens (tertiary/aromatic N) is 2. The topological polar surface area (TPSA) is 69.7 Å². The Hall–Kier alpha value is -2.99. The van der Waals surface area contributed by atoms with Gasteiger partial charge < -0.3 is 5.32 Å². The van der Waals surface area contributed by atoms with E-state index in [0.29, 0.717) is 5.69 Å². The fourth-order valence-electron chi connectivity index (χ4n) is 6.54. The van der Waals surface area contributed by atoms with E-state index in [2.05, 4.69) is 10.2 Å². The van der Waals surface area contributed by atoms with Crippen LogP contribution in [0.3, 0.4) is 0 Å². The van der Waals surface area contributed by atoms with Crippen LogP contribution in [0.15, 0.2) is 42.5 Å². The number of fused-ring (bicyclic) bond motifs is 7. The summed E-state index contributed by atoms with van der Waals surface area (Å²) in [5.41, 5.74) is 2.95. The second kappa shape index (κ2) is 5.79. The second-order valence-electron chi connectivity index (χ2n) is 8.92. The molecule has 4 aliphatic rings. The SMILES string of the molecule is Cc1cccc(C)c1N1C(=O)[C@@H]2[C@@H]3CCCN3[C@]3(C(=O)Nc4ccccc43)[C@H]2C1=O. The molecule has 0 radical (unpaired) electrons. The Labute approximate surface area is 174 Å². The second-order valence-corrected chi connectivity index (χ2v) is 8.92. The predicted molar refractivity (Wildman–Crippen MR) is 112 cm³/mol. The van der Waals surface area contributed by atoms with E-state index in [1.165, 1.54) is 4.90 Å². The Balaban J connectivity index is 1.58. The minimum Gasteiger partial charge on any atom is -0.324 e. The Kier molecular flexibility index (Phi) is 3.44. The highest BCUT2D eigenvalue weighted by Crippen LogP contribution is 2.60. The number of hydrogen-bond donors (Lipinski definition) is 1. The summed E-state index contributed by atoms with van der Waals surface area (Å²) in [4.78, 5) is 44.8. The third-order valence-electron chi connectivity index (χ3n) is 7.56. The van der Waals surface area contributed by atoms with Crippen LogP contribution in [0, 0.1) is 25.7 Å². The number of amides is 3. The van der Waals surface area contributed by atoms with Gasteiger partial charge in [-0.2, -0.15) is 0 Å². The molecule has 6 heteroatoms. The number of hydrogen-bond acceptors (Lipinski definition) is 4. The van der Waals surface area contributed by atoms with Gasteiger partial charge >= 0.3 is 0 Å². The van der Waals surface area contributed by atoms with Crippen molar-refractivity contribution in [3.8, 4) is 0 Å². The average molecular weight is 401 g/mol. The molecule has 6 rings (SSSR count). The van der Waals surface area contributed by atoms with Gasteiger partial charge in [0.1, 0.15) is 5.54 Å². The van der Waals surface area contributed by atoms with Crippen molar-refractivity contribution in [2.75, 3.05) is 16.8 Å². The maximum Gasteiger partial charge on any atom is 0.250 e. The number of anilines is 2. The van der Waals surface area contributed by atoms with Crippen LogP contribution in [0.2, 0.25) is 0 Å². The number of para-hydroxylation sites is 2. The molecule has 0 aromatic heterocycles. The molecule has 0 aliphatic carbocycles. The molecular formula is C24H23N3O3. The fourth-order valence-corrected chi connectivity index (χ4v) is 6.54. The molecule has 0 unspecified atom stereocenters. The molecule has 3 fully saturated rings. The van der Waals surface area contributed by atoms with Crippen molar-refractivity contribution in [2.45, 2.75) is 38.3 Å². The molecule has 30 heavy (non-hydrogen) atoms. The number of aryl methyl sites for hydroxylation is 2. The normalized spacial score (nSPS) is 32.0. The summed E-state index contributed by atoms with van der Waals surface area (Å²) in [6.07, 6.45) is 1.76. The third kappa shape index (κ3) is 1.86. The van der Waals surface area contributed by atoms with Crippen molar-refractivity contribution in [1.29, 1.82) is 0 Å². The Bertz CT molecular complexity index is 1120. The highest BCUT2D eigenvalue weighted by Gasteiger charge is 2.74. The van der Waals surface area contributed by atoms with Gasteiger partial charge in [-0.15, -0.1) is 0 Å². The van der Waals surface area contributed by atoms with E-state index < -0.39 is 17.4 Å². The zero-order valence-electron chi connectivity index (χ0n) is 17.0. The summed E-state index contributed by atoms with van der Waals surface area (Å²) >= 11 is 0. The van der Waals surface area contributed by atoms with Crippen molar-refractivity contribution < 1.29 is 14.4 Å². The van der Waals surface area contributed by atoms with E-state index in [-0.39, 0.29) is 23.8 Å². The minimum atomic E-state index is -1.10. The van der Waals surface area contributed by atoms with Crippen LogP contribution in [0.1, 0.15) is 29.5 Å². The minimum absolute atomic E-state index is 0.0855. The van der Waals surface area contributed by atoms with Crippen LogP contribution in [-0.4, -0.2) is 35.2 Å². The van der Waals surface area contributed by atoms with Crippen molar-refractivity contribution in [1.82, 2.24) is 4.90 Å². The van der Waals surface area contributed by atoms with Gasteiger partial charge in [-0.05, 0) is 50.4 Å². The lowest BCUT2D eigenvalue weighted by Gasteiger charge is -2.36. The number of nitrogens with one attached hydrogen (secondary N) is 1. The van der Waals surface area contributed by atoms with E-state index in [9.17, 15) is 14.4 Å². The summed E-state index contributed by atoms with van der Waals surface area (Å²) in [6, 6.07) is 13.3. The van der Waals surface area contributed by atoms with Gasteiger partial charge in [-0.1, -0.05) is 36.4 Å². The molecule has 0 bridgehead atoms. The van der Waals surface area contributed by atoms with Crippen LogP contribution in [0.25, 0.3) is 0 Å². The molecule has 3 saturated heterocycles. The Morgan fingerprint density at radius 3 is 2.47 bits per heavy atom. The largest absolute Gasteiger partial charge is 0.324 e. The summed E-state index contributed by atoms with van der Waals surface area (Å²) in [7, 11) is 0. The molecule has 4 aliphatic heterocycles. The molecule has 1 N–H and O–H groups in total. The van der Waals surface area contributed by atoms with Crippen molar-refractivity contribution in [3.63, 3.8) is 0 Å². The molecule has 4 heterocycles. The Morgan fingerprint density at radius 2 is 1.70 bits per heavy atom. The molecule has 3 amide bonds. The molecule has 152 valence electrons. The van der Waals surface area contributed by atoms with Gasteiger partial charge in [0.2, 0.25) is 17.7 Å². The average Bonchev–Trinajstić information content (AvgIpc) is 3.42. The molecule has 2 aromatic carbocycles. The first-order valence-corrected chi connectivity index (χ1v) is 10.6. The molecule has 4 atom stereocenters. The number of rotatable bonds is 1. The van der Waals surface area contributed by atoms with Gasteiger partial charge in [0.25, 0.3) is 0 Å². The van der Waals surface area contributed by atoms with Gasteiger partial charge in [0, 0.05) is 17.3 Å². The number of carbonyl (C=O) groups is 3. The molecule has 1 spiro atoms. The Morgan fingerprint density at radius 1 is 0.967 bits per heavy atom. The highest BCUT2D eigenvalue weighted by molar-refractivity contribution is 6.26. The summed E-state index contributed by atoms with van der Waals surface area (Å²) in [5, 5.41) is 3.01. The summed E-state index contributed by atoms with van der Waals surface area (Å²) in [6.45, 7) is 4.57. The van der Waals surface area contributed by atoms with Crippen molar-refractivity contribution in [3.05, 3.63) is 59.2 Å². The first-order chi connectivity index (χ1) is 14.5. The molecule has 6 nitrogen and oxygen atoms in total. The number of imide groups is 1. The maximum absolute atomic E-state index is 13.9. The molecule has 2 aromatic rings. The van der Waals surface area contributed by atoms with Crippen LogP contribution in [0.4, 0.5) is 11.4 Å². The highest BCUT2D eigenvalue weighted by atomic mass is 16.2. The summed E-state index contributed by atoms with van der Waals surface area (Å²) in [5.74, 6) is -1.77. The predicted octanol–water partition coefficient (Wildman–Crippen LogP) is 2.73. The number of benzene rings is 2. The first kappa shape index (κ1) is 17.8. The van der Waals surface area contributed by atoms with Gasteiger partial charge in [0.05, 0.1) is 17.5 Å². The van der Waals surface area contributed by atoms with Crippen LogP contribution < -0.4 is 10.2 Å². The smallest absolute Gasteiger partial charge is 0.250 e. The molecule has 0 saturated carbocycles. The lowest BCUT2D eigenvalue weighted by atomic mass is 9.75. The standard InChI is InChI=1S/C24H23N3O3/c1-13-7-5-8-14(2)20(13)27-21(28)18-17-11-6-12-26(17)24(19(18)22(27)29)15-9-3-4-10-16(15)25-23(24)30/h3-5,7-10,17-19H,6,11-12H2,1-2H3,(H,25,30)/t17-,18+,19+,24-/m0/s1. The maximum atomic E-state index is 13.9. The van der Waals surface area contributed by atoms with E-state index in [4.69, 9.17) is 0 Å². The van der Waals surface area contributed by atoms with Crippen molar-refractivity contribution in [2.24, 2.45) is 11.8 Å². The monoisotopic (exact) mass is 401 g/mol. The lowest BCUT2D eigenvalue weighted by molar-refractivity contribution is -0.135. The van der Waals surface area contributed by atoms with Gasteiger partial charge in [0.15, 0.2) is 0 Å². The lowest BCUT2D eigenvalue weighted by Crippen LogP contribution is -2.54. The van der Waals surface area contributed by atoms with E-state index in [0.717, 1.165) is 41.8 Å². The van der Waals surface area contributed by atoms with Crippen molar-refractivity contribution >= 4 is 29.1 Å². The van der Waals surface area contributed by atoms with Gasteiger partial charge in [-0.25, -0.2) is 4.90 Å². The first-order valence-electron chi connectivity index (χ1n) is 10.6. The van der Waals surface area contributed by atoms with E-state index in [1.807, 2.05) is 56.3 Å². The van der Waals surface area contributed by atoms with E-state index in [1.54, 1.807) is 0 Å². The quantitative estimate of drug-likeness (QED) is 0.746. The summed E-state index contributed by atoms with van der Waals surface area (Å²) < 4.78 is 0. The zero-order chi connectivity index (χ0) is 20.8.